The van der Waals surface area contributed by atoms with E-state index in [4.69, 9.17) is 14.2 Å². The summed E-state index contributed by atoms with van der Waals surface area (Å²) in [4.78, 5) is 0. The van der Waals surface area contributed by atoms with Crippen LogP contribution in [0.3, 0.4) is 0 Å². The van der Waals surface area contributed by atoms with Gasteiger partial charge in [0.2, 0.25) is 17.5 Å². The van der Waals surface area contributed by atoms with Crippen molar-refractivity contribution in [3.8, 4) is 17.2 Å². The van der Waals surface area contributed by atoms with Crippen LogP contribution < -0.4 is 14.2 Å². The van der Waals surface area contributed by atoms with Crippen molar-refractivity contribution in [1.29, 1.82) is 0 Å². The fourth-order valence-corrected chi connectivity index (χ4v) is 7.31. The minimum absolute atomic E-state index is 0.137. The molecule has 2 aromatic rings. The van der Waals surface area contributed by atoms with Crippen LogP contribution in [-0.4, -0.2) is 31.7 Å². The topological polar surface area (TPSA) is 27.7 Å². The van der Waals surface area contributed by atoms with Gasteiger partial charge in [0.1, 0.15) is 0 Å². The van der Waals surface area contributed by atoms with Crippen molar-refractivity contribution in [2.24, 2.45) is 23.7 Å². The fraction of sp³-hybridized carbons (Fsp3) is 0.659. The molecule has 0 amide bonds. The minimum Gasteiger partial charge on any atom is -0.490 e. The Morgan fingerprint density at radius 3 is 1.62 bits per heavy atom. The molecule has 0 bridgehead atoms. The van der Waals surface area contributed by atoms with Crippen molar-refractivity contribution in [2.45, 2.75) is 128 Å². The van der Waals surface area contributed by atoms with Gasteiger partial charge in [-0.05, 0) is 105 Å². The number of ether oxygens (including phenoxy) is 3. The van der Waals surface area contributed by atoms with Gasteiger partial charge in [0.15, 0.2) is 36.3 Å². The van der Waals surface area contributed by atoms with Gasteiger partial charge in [-0.1, -0.05) is 64.2 Å². The number of rotatable bonds is 20. The Hall–Kier alpha value is -2.98. The molecule has 4 rings (SSSR count). The van der Waals surface area contributed by atoms with Gasteiger partial charge in [-0.15, -0.1) is 0 Å². The summed E-state index contributed by atoms with van der Waals surface area (Å²) in [5, 5.41) is 0. The number of unbranched alkanes of at least 4 members (excludes halogenated alkanes) is 3. The number of allylic oxidation sites excluding steroid dienone is 2. The molecule has 292 valence electrons. The van der Waals surface area contributed by atoms with E-state index in [0.717, 1.165) is 49.4 Å². The summed E-state index contributed by atoms with van der Waals surface area (Å²) in [6.45, 7) is 1.60. The lowest BCUT2D eigenvalue weighted by Crippen LogP contribution is -2.30. The van der Waals surface area contributed by atoms with E-state index >= 15 is 0 Å². The number of hydrogen-bond acceptors (Lipinski definition) is 3. The normalized spacial score (nSPS) is 21.4. The van der Waals surface area contributed by atoms with Crippen LogP contribution in [0.2, 0.25) is 0 Å². The largest absolute Gasteiger partial charge is 0.490 e. The molecule has 2 aliphatic rings. The van der Waals surface area contributed by atoms with Crippen molar-refractivity contribution in [3.63, 3.8) is 0 Å². The van der Waals surface area contributed by atoms with E-state index in [-0.39, 0.29) is 12.5 Å². The summed E-state index contributed by atoms with van der Waals surface area (Å²) in [7, 11) is 0. The van der Waals surface area contributed by atoms with E-state index in [9.17, 15) is 35.1 Å². The van der Waals surface area contributed by atoms with Gasteiger partial charge in [0.05, 0.1) is 6.61 Å². The van der Waals surface area contributed by atoms with Crippen LogP contribution in [0, 0.1) is 46.9 Å². The van der Waals surface area contributed by atoms with Crippen molar-refractivity contribution < 1.29 is 49.3 Å². The van der Waals surface area contributed by atoms with Crippen molar-refractivity contribution >= 4 is 0 Å². The molecular weight excluding hydrogens is 692 g/mol. The maximum atomic E-state index is 14.9. The highest BCUT2D eigenvalue weighted by Crippen LogP contribution is 2.39. The van der Waals surface area contributed by atoms with Crippen LogP contribution in [0.25, 0.3) is 0 Å². The first-order chi connectivity index (χ1) is 24.8. The summed E-state index contributed by atoms with van der Waals surface area (Å²) >= 11 is 0. The van der Waals surface area contributed by atoms with E-state index in [2.05, 4.69) is 19.1 Å². The Morgan fingerprint density at radius 1 is 0.577 bits per heavy atom. The zero-order valence-electron chi connectivity index (χ0n) is 30.5. The lowest BCUT2D eigenvalue weighted by atomic mass is 9.77. The molecule has 0 aliphatic heterocycles. The molecule has 0 spiro atoms. The van der Waals surface area contributed by atoms with Gasteiger partial charge < -0.3 is 14.2 Å². The second kappa shape index (κ2) is 19.9. The van der Waals surface area contributed by atoms with Crippen molar-refractivity contribution in [2.75, 3.05) is 19.8 Å². The standard InChI is InChI=1S/C41H54F8O3/c1-3-5-7-8-28-9-11-29(12-10-28)13-14-30-15-17-31(18-16-30)24-40(46,47)26-51-34-20-19-32(36(42)37(34)43)25-41(48,49)27-52-35-22-21-33(38(44)39(35)45)50-23-6-4-2/h13-14,19-22,28-31H,3-12,15-18,23-27H2,1-2H3. The zero-order valence-corrected chi connectivity index (χ0v) is 30.5. The van der Waals surface area contributed by atoms with Crippen LogP contribution in [0.4, 0.5) is 35.1 Å². The monoisotopic (exact) mass is 746 g/mol. The van der Waals surface area contributed by atoms with E-state index < -0.39 is 84.0 Å². The molecule has 0 radical (unpaired) electrons. The van der Waals surface area contributed by atoms with Crippen molar-refractivity contribution in [1.82, 2.24) is 0 Å². The van der Waals surface area contributed by atoms with Crippen molar-refractivity contribution in [3.05, 3.63) is 65.2 Å². The van der Waals surface area contributed by atoms with Gasteiger partial charge in [-0.3, -0.25) is 0 Å². The highest BCUT2D eigenvalue weighted by molar-refractivity contribution is 5.35. The Labute approximate surface area is 303 Å². The summed E-state index contributed by atoms with van der Waals surface area (Å²) in [5.41, 5.74) is -0.766. The molecule has 2 fully saturated rings. The average Bonchev–Trinajstić information content (AvgIpc) is 3.11. The van der Waals surface area contributed by atoms with E-state index in [0.29, 0.717) is 31.1 Å². The number of hydrogen-bond donors (Lipinski definition) is 0. The van der Waals surface area contributed by atoms with Crippen LogP contribution >= 0.6 is 0 Å². The van der Waals surface area contributed by atoms with Gasteiger partial charge in [0.25, 0.3) is 11.8 Å². The molecule has 0 unspecified atom stereocenters. The Morgan fingerprint density at radius 2 is 1.06 bits per heavy atom. The van der Waals surface area contributed by atoms with Gasteiger partial charge in [0, 0.05) is 12.8 Å². The molecule has 2 aliphatic carbocycles. The quantitative estimate of drug-likeness (QED) is 0.0767. The number of halogens is 8. The maximum absolute atomic E-state index is 14.9. The third kappa shape index (κ3) is 12.9. The smallest absolute Gasteiger partial charge is 0.285 e. The molecule has 0 aromatic heterocycles. The molecule has 0 N–H and O–H groups in total. The molecule has 0 atom stereocenters. The Balaban J connectivity index is 1.20. The SMILES string of the molecule is CCCCCC1CCC(C=CC2CCC(CC(F)(F)COc3ccc(CC(F)(F)COc4ccc(OCCCC)c(F)c4F)c(F)c3F)CC2)CC1. The molecule has 0 saturated heterocycles. The number of alkyl halides is 4. The second-order valence-electron chi connectivity index (χ2n) is 14.9. The molecule has 52 heavy (non-hydrogen) atoms. The minimum atomic E-state index is -3.83. The molecule has 2 aromatic carbocycles. The lowest BCUT2D eigenvalue weighted by Gasteiger charge is -2.30. The van der Waals surface area contributed by atoms with Crippen LogP contribution in [0.1, 0.15) is 116 Å². The summed E-state index contributed by atoms with van der Waals surface area (Å²) in [5.74, 6) is -13.8. The molecule has 11 heteroatoms. The fourth-order valence-electron chi connectivity index (χ4n) is 7.31. The first kappa shape index (κ1) is 41.8. The van der Waals surface area contributed by atoms with E-state index in [1.807, 2.05) is 6.92 Å². The third-order valence-electron chi connectivity index (χ3n) is 10.5. The predicted molar refractivity (Wildman–Crippen MR) is 187 cm³/mol. The summed E-state index contributed by atoms with van der Waals surface area (Å²) in [6, 6.07) is 3.62. The van der Waals surface area contributed by atoms with Crippen LogP contribution in [0.15, 0.2) is 36.4 Å². The van der Waals surface area contributed by atoms with Gasteiger partial charge >= 0.3 is 0 Å². The predicted octanol–water partition coefficient (Wildman–Crippen LogP) is 12.8. The summed E-state index contributed by atoms with van der Waals surface area (Å²) in [6.07, 6.45) is 17.4. The Bertz CT molecular complexity index is 1420. The van der Waals surface area contributed by atoms with E-state index in [1.54, 1.807) is 0 Å². The lowest BCUT2D eigenvalue weighted by molar-refractivity contribution is -0.0644. The zero-order chi connectivity index (χ0) is 37.7. The molecule has 3 nitrogen and oxygen atoms in total. The molecule has 0 heterocycles. The highest BCUT2D eigenvalue weighted by atomic mass is 19.3. The van der Waals surface area contributed by atoms with Crippen LogP contribution in [0.5, 0.6) is 17.2 Å². The summed E-state index contributed by atoms with van der Waals surface area (Å²) < 4.78 is 132. The second-order valence-corrected chi connectivity index (χ2v) is 14.9. The van der Waals surface area contributed by atoms with Gasteiger partial charge in [-0.2, -0.15) is 13.2 Å². The average molecular weight is 747 g/mol. The first-order valence-corrected chi connectivity index (χ1v) is 19.1. The van der Waals surface area contributed by atoms with E-state index in [1.165, 1.54) is 51.4 Å². The Kier molecular flexibility index (Phi) is 16.0. The third-order valence-corrected chi connectivity index (χ3v) is 10.5. The maximum Gasteiger partial charge on any atom is 0.285 e. The van der Waals surface area contributed by atoms with Crippen LogP contribution in [-0.2, 0) is 6.42 Å². The van der Waals surface area contributed by atoms with Gasteiger partial charge in [-0.25, -0.2) is 22.0 Å². The molecule has 2 saturated carbocycles. The first-order valence-electron chi connectivity index (χ1n) is 19.1. The number of benzene rings is 2. The highest BCUT2D eigenvalue weighted by Gasteiger charge is 2.37. The molecular formula is C41H54F8O3.